The Morgan fingerprint density at radius 3 is 2.84 bits per heavy atom. The zero-order valence-corrected chi connectivity index (χ0v) is 12.0. The van der Waals surface area contributed by atoms with Crippen LogP contribution >= 0.6 is 0 Å². The summed E-state index contributed by atoms with van der Waals surface area (Å²) in [5, 5.41) is 16.6. The molecular weight excluding hydrogens is 244 g/mol. The van der Waals surface area contributed by atoms with Crippen molar-refractivity contribution in [1.82, 2.24) is 10.6 Å². The third kappa shape index (κ3) is 2.93. The first kappa shape index (κ1) is 14.8. The summed E-state index contributed by atoms with van der Waals surface area (Å²) in [7, 11) is 0. The average Bonchev–Trinajstić information content (AvgIpc) is 2.97. The van der Waals surface area contributed by atoms with Gasteiger partial charge in [-0.3, -0.25) is 4.79 Å². The van der Waals surface area contributed by atoms with Gasteiger partial charge in [-0.1, -0.05) is 13.3 Å². The predicted octanol–water partition coefficient (Wildman–Crippen LogP) is 0.422. The first-order chi connectivity index (χ1) is 9.02. The molecule has 2 heterocycles. The number of hydrogen-bond acceptors (Lipinski definition) is 4. The largest absolute Gasteiger partial charge is 0.385 e. The summed E-state index contributed by atoms with van der Waals surface area (Å²) < 4.78 is 5.39. The Morgan fingerprint density at radius 1 is 1.53 bits per heavy atom. The van der Waals surface area contributed by atoms with Gasteiger partial charge in [-0.2, -0.15) is 0 Å². The Morgan fingerprint density at radius 2 is 2.32 bits per heavy atom. The second-order valence-corrected chi connectivity index (χ2v) is 6.01. The van der Waals surface area contributed by atoms with Crippen molar-refractivity contribution < 1.29 is 14.6 Å². The molecule has 0 spiro atoms. The van der Waals surface area contributed by atoms with E-state index >= 15 is 0 Å². The number of rotatable bonds is 5. The average molecular weight is 270 g/mol. The molecule has 2 aliphatic heterocycles. The smallest absolute Gasteiger partial charge is 0.227 e. The third-order valence-electron chi connectivity index (χ3n) is 4.67. The maximum Gasteiger partial charge on any atom is 0.227 e. The van der Waals surface area contributed by atoms with Crippen molar-refractivity contribution in [3.8, 4) is 0 Å². The number of aliphatic hydroxyl groups is 1. The fourth-order valence-corrected chi connectivity index (χ4v) is 3.17. The molecule has 2 fully saturated rings. The van der Waals surface area contributed by atoms with Crippen molar-refractivity contribution in [2.45, 2.75) is 51.2 Å². The lowest BCUT2D eigenvalue weighted by atomic mass is 9.81. The molecule has 2 saturated heterocycles. The maximum absolute atomic E-state index is 12.5. The van der Waals surface area contributed by atoms with Gasteiger partial charge in [0.1, 0.15) is 5.60 Å². The van der Waals surface area contributed by atoms with E-state index in [1.807, 2.05) is 6.92 Å². The number of ether oxygens (including phenoxy) is 1. The molecule has 3 atom stereocenters. The molecule has 110 valence electrons. The summed E-state index contributed by atoms with van der Waals surface area (Å²) in [4.78, 5) is 12.5. The minimum atomic E-state index is -0.908. The molecular formula is C14H26N2O3. The van der Waals surface area contributed by atoms with Crippen LogP contribution in [0.25, 0.3) is 0 Å². The molecule has 0 aromatic carbocycles. The van der Waals surface area contributed by atoms with E-state index in [1.165, 1.54) is 0 Å². The SMILES string of the molecule is CCCC1(C(=O)NCC2(O)CCOC2C)CCNC1. The van der Waals surface area contributed by atoms with Crippen molar-refractivity contribution in [1.29, 1.82) is 0 Å². The first-order valence-corrected chi connectivity index (χ1v) is 7.35. The number of amides is 1. The molecule has 2 rings (SSSR count). The van der Waals surface area contributed by atoms with Gasteiger partial charge >= 0.3 is 0 Å². The second-order valence-electron chi connectivity index (χ2n) is 6.01. The highest BCUT2D eigenvalue weighted by Crippen LogP contribution is 2.32. The van der Waals surface area contributed by atoms with Gasteiger partial charge in [-0.05, 0) is 26.3 Å². The quantitative estimate of drug-likeness (QED) is 0.677. The van der Waals surface area contributed by atoms with Gasteiger partial charge in [-0.15, -0.1) is 0 Å². The highest BCUT2D eigenvalue weighted by atomic mass is 16.5. The lowest BCUT2D eigenvalue weighted by Gasteiger charge is -2.31. The second kappa shape index (κ2) is 5.77. The number of hydrogen-bond donors (Lipinski definition) is 3. The van der Waals surface area contributed by atoms with Crippen molar-refractivity contribution in [3.05, 3.63) is 0 Å². The highest BCUT2D eigenvalue weighted by Gasteiger charge is 2.43. The van der Waals surface area contributed by atoms with Crippen LogP contribution in [0.2, 0.25) is 0 Å². The summed E-state index contributed by atoms with van der Waals surface area (Å²) in [6.45, 7) is 6.47. The van der Waals surface area contributed by atoms with E-state index in [0.717, 1.165) is 32.4 Å². The first-order valence-electron chi connectivity index (χ1n) is 7.35. The van der Waals surface area contributed by atoms with E-state index in [2.05, 4.69) is 17.6 Å². The Balaban J connectivity index is 1.93. The minimum absolute atomic E-state index is 0.0758. The van der Waals surface area contributed by atoms with Crippen LogP contribution in [-0.2, 0) is 9.53 Å². The molecule has 0 bridgehead atoms. The topological polar surface area (TPSA) is 70.6 Å². The van der Waals surface area contributed by atoms with Gasteiger partial charge < -0.3 is 20.5 Å². The molecule has 5 heteroatoms. The molecule has 0 aliphatic carbocycles. The van der Waals surface area contributed by atoms with E-state index in [4.69, 9.17) is 4.74 Å². The molecule has 2 aliphatic rings. The van der Waals surface area contributed by atoms with E-state index in [9.17, 15) is 9.90 Å². The summed E-state index contributed by atoms with van der Waals surface area (Å²) in [6.07, 6.45) is 3.16. The zero-order valence-electron chi connectivity index (χ0n) is 12.0. The molecule has 3 unspecified atom stereocenters. The Labute approximate surface area is 115 Å². The molecule has 3 N–H and O–H groups in total. The van der Waals surface area contributed by atoms with Gasteiger partial charge in [0.15, 0.2) is 0 Å². The number of carbonyl (C=O) groups excluding carboxylic acids is 1. The van der Waals surface area contributed by atoms with Gasteiger partial charge in [0.2, 0.25) is 5.91 Å². The molecule has 0 aromatic rings. The summed E-state index contributed by atoms with van der Waals surface area (Å²) in [5.74, 6) is 0.0758. The Kier molecular flexibility index (Phi) is 4.48. The van der Waals surface area contributed by atoms with Gasteiger partial charge in [0.05, 0.1) is 11.5 Å². The normalized spacial score (nSPS) is 38.6. The van der Waals surface area contributed by atoms with E-state index in [-0.39, 0.29) is 17.4 Å². The Bertz CT molecular complexity index is 329. The molecule has 1 amide bonds. The van der Waals surface area contributed by atoms with Gasteiger partial charge in [0.25, 0.3) is 0 Å². The van der Waals surface area contributed by atoms with Gasteiger partial charge in [0, 0.05) is 26.1 Å². The minimum Gasteiger partial charge on any atom is -0.385 e. The van der Waals surface area contributed by atoms with Crippen LogP contribution in [0.4, 0.5) is 0 Å². The van der Waals surface area contributed by atoms with Crippen molar-refractivity contribution in [2.75, 3.05) is 26.2 Å². The summed E-state index contributed by atoms with van der Waals surface area (Å²) >= 11 is 0. The highest BCUT2D eigenvalue weighted by molar-refractivity contribution is 5.83. The van der Waals surface area contributed by atoms with Crippen LogP contribution in [-0.4, -0.2) is 49.0 Å². The van der Waals surface area contributed by atoms with E-state index in [0.29, 0.717) is 19.6 Å². The fraction of sp³-hybridized carbons (Fsp3) is 0.929. The van der Waals surface area contributed by atoms with E-state index in [1.54, 1.807) is 0 Å². The molecule has 0 saturated carbocycles. The maximum atomic E-state index is 12.5. The van der Waals surface area contributed by atoms with E-state index < -0.39 is 5.60 Å². The number of nitrogens with one attached hydrogen (secondary N) is 2. The zero-order chi connectivity index (χ0) is 13.9. The third-order valence-corrected chi connectivity index (χ3v) is 4.67. The summed E-state index contributed by atoms with van der Waals surface area (Å²) in [6, 6.07) is 0. The van der Waals surface area contributed by atoms with Crippen LogP contribution in [0.3, 0.4) is 0 Å². The lowest BCUT2D eigenvalue weighted by Crippen LogP contribution is -2.51. The van der Waals surface area contributed by atoms with Crippen molar-refractivity contribution in [3.63, 3.8) is 0 Å². The van der Waals surface area contributed by atoms with Crippen LogP contribution in [0, 0.1) is 5.41 Å². The van der Waals surface area contributed by atoms with Crippen molar-refractivity contribution in [2.24, 2.45) is 5.41 Å². The standard InChI is InChI=1S/C14H26N2O3/c1-3-4-13(5-7-15-9-13)12(17)16-10-14(18)6-8-19-11(14)2/h11,15,18H,3-10H2,1-2H3,(H,16,17). The fourth-order valence-electron chi connectivity index (χ4n) is 3.17. The molecule has 0 radical (unpaired) electrons. The van der Waals surface area contributed by atoms with Gasteiger partial charge in [-0.25, -0.2) is 0 Å². The number of carbonyl (C=O) groups is 1. The van der Waals surface area contributed by atoms with Crippen LogP contribution < -0.4 is 10.6 Å². The lowest BCUT2D eigenvalue weighted by molar-refractivity contribution is -0.132. The monoisotopic (exact) mass is 270 g/mol. The van der Waals surface area contributed by atoms with Crippen molar-refractivity contribution >= 4 is 5.91 Å². The van der Waals surface area contributed by atoms with Crippen LogP contribution in [0.15, 0.2) is 0 Å². The summed E-state index contributed by atoms with van der Waals surface area (Å²) in [5.41, 5.74) is -1.19. The van der Waals surface area contributed by atoms with Crippen LogP contribution in [0.5, 0.6) is 0 Å². The Hall–Kier alpha value is -0.650. The molecule has 5 nitrogen and oxygen atoms in total. The van der Waals surface area contributed by atoms with Crippen LogP contribution in [0.1, 0.15) is 39.5 Å². The molecule has 19 heavy (non-hydrogen) atoms. The molecule has 0 aromatic heterocycles. The predicted molar refractivity (Wildman–Crippen MR) is 72.8 cm³/mol.